The van der Waals surface area contributed by atoms with Gasteiger partial charge in [-0.2, -0.15) is 0 Å². The van der Waals surface area contributed by atoms with Crippen LogP contribution in [-0.4, -0.2) is 25.1 Å². The molecule has 0 unspecified atom stereocenters. The van der Waals surface area contributed by atoms with Crippen LogP contribution in [0.2, 0.25) is 0 Å². The van der Waals surface area contributed by atoms with Gasteiger partial charge in [-0.1, -0.05) is 107 Å². The summed E-state index contributed by atoms with van der Waals surface area (Å²) in [6.07, 6.45) is 13.5. The maximum Gasteiger partial charge on any atom is 0.277 e. The third-order valence-electron chi connectivity index (χ3n) is 5.70. The molecular weight excluding hydrogens is 425 g/mol. The van der Waals surface area contributed by atoms with Gasteiger partial charge in [0.05, 0.1) is 20.6 Å². The number of hydrogen-bond donors (Lipinski definition) is 0. The van der Waals surface area contributed by atoms with E-state index in [1.807, 2.05) is 36.4 Å². The molecule has 0 saturated heterocycles. The van der Waals surface area contributed by atoms with Crippen LogP contribution in [0.5, 0.6) is 5.75 Å². The van der Waals surface area contributed by atoms with Crippen LogP contribution in [0.4, 0.5) is 0 Å². The number of para-hydroxylation sites is 1. The van der Waals surface area contributed by atoms with Gasteiger partial charge in [0.2, 0.25) is 0 Å². The van der Waals surface area contributed by atoms with Gasteiger partial charge in [0.1, 0.15) is 0 Å². The molecule has 0 atom stereocenters. The third-order valence-corrected chi connectivity index (χ3v) is 7.05. The molecule has 2 aromatic rings. The lowest BCUT2D eigenvalue weighted by molar-refractivity contribution is -0.920. The quantitative estimate of drug-likeness (QED) is 0.127. The Hall–Kier alpha value is -1.22. The lowest BCUT2D eigenvalue weighted by Crippen LogP contribution is -2.51. The zero-order valence-corrected chi connectivity index (χ0v) is 21.2. The summed E-state index contributed by atoms with van der Waals surface area (Å²) >= 11 is 13.4. The number of unbranched alkanes of at least 4 members (excludes halogenated alkanes) is 9. The largest absolute Gasteiger partial charge is 0.872 e. The molecule has 4 heteroatoms. The van der Waals surface area contributed by atoms with Gasteiger partial charge in [-0.3, -0.25) is 4.48 Å². The first kappa shape index (κ1) is 27.8. The molecule has 0 saturated carbocycles. The fourth-order valence-corrected chi connectivity index (χ4v) is 3.96. The smallest absolute Gasteiger partial charge is 0.277 e. The van der Waals surface area contributed by atoms with Crippen molar-refractivity contribution < 1.29 is 9.59 Å². The molecule has 0 fully saturated rings. The Labute approximate surface area is 200 Å². The first-order valence-electron chi connectivity index (χ1n) is 11.8. The highest BCUT2D eigenvalue weighted by Crippen LogP contribution is 2.41. The van der Waals surface area contributed by atoms with Crippen molar-refractivity contribution in [2.45, 2.75) is 75.6 Å². The molecule has 2 aromatic carbocycles. The van der Waals surface area contributed by atoms with Crippen molar-refractivity contribution in [3.05, 3.63) is 66.2 Å². The minimum Gasteiger partial charge on any atom is -0.872 e. The molecular formula is C27H41Cl2NO. The van der Waals surface area contributed by atoms with Crippen molar-refractivity contribution in [2.24, 2.45) is 0 Å². The average Bonchev–Trinajstić information content (AvgIpc) is 2.76. The third kappa shape index (κ3) is 11.3. The fraction of sp³-hybridized carbons (Fsp3) is 0.556. The van der Waals surface area contributed by atoms with Gasteiger partial charge in [0.25, 0.3) is 4.46 Å². The van der Waals surface area contributed by atoms with Gasteiger partial charge in [-0.05, 0) is 48.2 Å². The number of halogens is 2. The molecule has 0 heterocycles. The highest BCUT2D eigenvalue weighted by Gasteiger charge is 2.43. The monoisotopic (exact) mass is 465 g/mol. The Kier molecular flexibility index (Phi) is 14.0. The Morgan fingerprint density at radius 1 is 0.677 bits per heavy atom. The lowest BCUT2D eigenvalue weighted by Gasteiger charge is -2.40. The van der Waals surface area contributed by atoms with Crippen LogP contribution in [0.1, 0.15) is 76.7 Å². The van der Waals surface area contributed by atoms with Crippen molar-refractivity contribution in [3.63, 3.8) is 0 Å². The van der Waals surface area contributed by atoms with E-state index in [1.165, 1.54) is 76.3 Å². The first-order chi connectivity index (χ1) is 14.8. The molecule has 2 nitrogen and oxygen atoms in total. The molecule has 0 amide bonds. The number of rotatable bonds is 13. The number of hydrogen-bond acceptors (Lipinski definition) is 1. The van der Waals surface area contributed by atoms with Gasteiger partial charge in [0.15, 0.2) is 0 Å². The molecule has 174 valence electrons. The van der Waals surface area contributed by atoms with E-state index in [2.05, 4.69) is 21.0 Å². The minimum atomic E-state index is -0.888. The van der Waals surface area contributed by atoms with Crippen LogP contribution in [0.25, 0.3) is 0 Å². The number of alkyl halides is 2. The van der Waals surface area contributed by atoms with Crippen LogP contribution < -0.4 is 5.11 Å². The summed E-state index contributed by atoms with van der Waals surface area (Å²) in [5.74, 6) is 0.0718. The topological polar surface area (TPSA) is 23.1 Å². The van der Waals surface area contributed by atoms with Gasteiger partial charge in [-0.15, -0.1) is 5.75 Å². The highest BCUT2D eigenvalue weighted by atomic mass is 35.5. The van der Waals surface area contributed by atoms with E-state index in [1.54, 1.807) is 12.1 Å². The molecule has 0 N–H and O–H groups in total. The Balaban J connectivity index is 0.000000577. The maximum absolute atomic E-state index is 10.3. The predicted octanol–water partition coefficient (Wildman–Crippen LogP) is 8.03. The second kappa shape index (κ2) is 15.6. The molecule has 0 aromatic heterocycles. The van der Waals surface area contributed by atoms with Gasteiger partial charge < -0.3 is 5.11 Å². The van der Waals surface area contributed by atoms with Gasteiger partial charge >= 0.3 is 0 Å². The summed E-state index contributed by atoms with van der Waals surface area (Å²) in [6.45, 7) is 3.27. The number of benzene rings is 2. The summed E-state index contributed by atoms with van der Waals surface area (Å²) in [6, 6.07) is 18.3. The molecule has 0 aliphatic heterocycles. The summed E-state index contributed by atoms with van der Waals surface area (Å²) < 4.78 is -0.294. The highest BCUT2D eigenvalue weighted by molar-refractivity contribution is 6.46. The molecule has 0 bridgehead atoms. The minimum absolute atomic E-state index is 0.0718. The van der Waals surface area contributed by atoms with Crippen molar-refractivity contribution in [1.82, 2.24) is 0 Å². The summed E-state index contributed by atoms with van der Waals surface area (Å²) in [5, 5.41) is 10.3. The summed E-state index contributed by atoms with van der Waals surface area (Å²) in [7, 11) is 4.25. The van der Waals surface area contributed by atoms with Crippen LogP contribution >= 0.6 is 23.2 Å². The standard InChI is InChI=1S/C21H36Cl2N.C6H6O/c1-4-5-6-7-8-9-10-11-12-16-19-24(2,3)21(22,23)20-17-14-13-15-18-20;7-6-4-2-1-3-5-6/h13-15,17-18H,4-12,16,19H2,1-3H3;1-5,7H/q+1;/p-1. The van der Waals surface area contributed by atoms with E-state index in [0.717, 1.165) is 12.1 Å². The summed E-state index contributed by atoms with van der Waals surface area (Å²) in [4.78, 5) is 0. The first-order valence-corrected chi connectivity index (χ1v) is 12.6. The second-order valence-corrected chi connectivity index (χ2v) is 10.1. The number of nitrogens with zero attached hydrogens (tertiary/aromatic N) is 1. The van der Waals surface area contributed by atoms with Crippen molar-refractivity contribution >= 4 is 23.2 Å². The van der Waals surface area contributed by atoms with Crippen LogP contribution in [0, 0.1) is 0 Å². The van der Waals surface area contributed by atoms with Crippen molar-refractivity contribution in [2.75, 3.05) is 20.6 Å². The SMILES string of the molecule is CCCCCCCCCCCC[N+](C)(C)C(Cl)(Cl)c1ccccc1.[O-]c1ccccc1. The Morgan fingerprint density at radius 3 is 1.52 bits per heavy atom. The van der Waals surface area contributed by atoms with E-state index in [0.29, 0.717) is 4.48 Å². The molecule has 31 heavy (non-hydrogen) atoms. The van der Waals surface area contributed by atoms with E-state index in [9.17, 15) is 5.11 Å². The lowest BCUT2D eigenvalue weighted by atomic mass is 10.1. The fourth-order valence-electron chi connectivity index (χ4n) is 3.54. The zero-order valence-electron chi connectivity index (χ0n) is 19.7. The molecule has 0 spiro atoms. The molecule has 2 rings (SSSR count). The zero-order chi connectivity index (χ0) is 23.0. The van der Waals surface area contributed by atoms with Crippen LogP contribution in [-0.2, 0) is 4.46 Å². The second-order valence-electron chi connectivity index (χ2n) is 8.81. The maximum atomic E-state index is 10.3. The van der Waals surface area contributed by atoms with Gasteiger partial charge in [-0.25, -0.2) is 0 Å². The average molecular weight is 467 g/mol. The van der Waals surface area contributed by atoms with Gasteiger partial charge in [0, 0.05) is 5.56 Å². The van der Waals surface area contributed by atoms with E-state index >= 15 is 0 Å². The van der Waals surface area contributed by atoms with E-state index < -0.39 is 4.46 Å². The van der Waals surface area contributed by atoms with E-state index in [-0.39, 0.29) is 5.75 Å². The summed E-state index contributed by atoms with van der Waals surface area (Å²) in [5.41, 5.74) is 0.977. The predicted molar refractivity (Wildman–Crippen MR) is 135 cm³/mol. The molecule has 0 radical (unpaired) electrons. The van der Waals surface area contributed by atoms with Crippen molar-refractivity contribution in [3.8, 4) is 5.75 Å². The molecule has 0 aliphatic carbocycles. The Bertz CT molecular complexity index is 674. The van der Waals surface area contributed by atoms with Crippen LogP contribution in [0.15, 0.2) is 60.7 Å². The van der Waals surface area contributed by atoms with Crippen molar-refractivity contribution in [1.29, 1.82) is 0 Å². The normalized spacial score (nSPS) is 11.6. The van der Waals surface area contributed by atoms with Crippen LogP contribution in [0.3, 0.4) is 0 Å². The molecule has 0 aliphatic rings. The Morgan fingerprint density at radius 2 is 1.10 bits per heavy atom. The number of quaternary nitrogens is 1. The van der Waals surface area contributed by atoms with E-state index in [4.69, 9.17) is 23.2 Å².